The number of benzene rings is 1. The minimum absolute atomic E-state index is 0.0779. The van der Waals surface area contributed by atoms with E-state index in [9.17, 15) is 14.9 Å². The fourth-order valence-corrected chi connectivity index (χ4v) is 6.94. The average molecular weight is 496 g/mol. The van der Waals surface area contributed by atoms with Gasteiger partial charge in [-0.25, -0.2) is 4.79 Å². The zero-order chi connectivity index (χ0) is 25.6. The summed E-state index contributed by atoms with van der Waals surface area (Å²) in [7, 11) is 0. The Morgan fingerprint density at radius 2 is 1.92 bits per heavy atom. The van der Waals surface area contributed by atoms with E-state index in [1.54, 1.807) is 12.5 Å². The molecule has 8 heteroatoms. The number of fused-ring (bicyclic) bond motifs is 2. The number of hydrogen-bond acceptors (Lipinski definition) is 7. The van der Waals surface area contributed by atoms with E-state index in [1.165, 1.54) is 24.3 Å². The monoisotopic (exact) mass is 495 g/mol. The highest BCUT2D eigenvalue weighted by molar-refractivity contribution is 5.89. The molecular formula is C28H33NO7. The Balaban J connectivity index is 1.44. The number of hydrogen-bond donors (Lipinski definition) is 0. The molecule has 192 valence electrons. The first-order valence-corrected chi connectivity index (χ1v) is 12.6. The van der Waals surface area contributed by atoms with Gasteiger partial charge in [-0.3, -0.25) is 10.1 Å². The van der Waals surface area contributed by atoms with E-state index in [0.29, 0.717) is 19.6 Å². The smallest absolute Gasteiger partial charge is 0.338 e. The fourth-order valence-electron chi connectivity index (χ4n) is 6.94. The van der Waals surface area contributed by atoms with E-state index < -0.39 is 22.8 Å². The molecule has 2 saturated carbocycles. The van der Waals surface area contributed by atoms with Crippen LogP contribution in [0, 0.1) is 26.9 Å². The van der Waals surface area contributed by atoms with Crippen molar-refractivity contribution >= 4 is 11.7 Å². The quantitative estimate of drug-likeness (QED) is 0.198. The lowest BCUT2D eigenvalue weighted by molar-refractivity contribution is -0.384. The Bertz CT molecular complexity index is 1140. The molecule has 2 heterocycles. The molecule has 3 fully saturated rings. The average Bonchev–Trinajstić information content (AvgIpc) is 3.57. The highest BCUT2D eigenvalue weighted by Crippen LogP contribution is 2.66. The number of carbonyl (C=O) groups excluding carboxylic acids is 1. The number of allylic oxidation sites excluding steroid dienone is 1. The molecule has 2 aliphatic carbocycles. The number of nitro groups is 1. The van der Waals surface area contributed by atoms with Gasteiger partial charge in [0.05, 0.1) is 36.2 Å². The summed E-state index contributed by atoms with van der Waals surface area (Å²) in [6.07, 6.45) is 7.87. The van der Waals surface area contributed by atoms with Crippen LogP contribution < -0.4 is 0 Å². The summed E-state index contributed by atoms with van der Waals surface area (Å²) in [5.74, 6) is -0.865. The van der Waals surface area contributed by atoms with Crippen LogP contribution in [0.3, 0.4) is 0 Å². The van der Waals surface area contributed by atoms with Crippen LogP contribution in [-0.4, -0.2) is 29.9 Å². The van der Waals surface area contributed by atoms with Crippen molar-refractivity contribution in [3.05, 3.63) is 76.3 Å². The molecule has 2 aromatic rings. The summed E-state index contributed by atoms with van der Waals surface area (Å²) < 4.78 is 24.0. The zero-order valence-corrected chi connectivity index (χ0v) is 20.9. The van der Waals surface area contributed by atoms with E-state index in [-0.39, 0.29) is 28.0 Å². The SMILES string of the molecule is C=C1CC[C@]2(C)[C@H](CCCC23OCCO3)[C@@]1(C)C[C@@H](OC(=O)c1ccc([N+](=O)[O-])cc1)c1ccoc1. The first-order valence-electron chi connectivity index (χ1n) is 12.6. The molecule has 1 aromatic heterocycles. The molecule has 36 heavy (non-hydrogen) atoms. The second-order valence-electron chi connectivity index (χ2n) is 10.8. The summed E-state index contributed by atoms with van der Waals surface area (Å²) in [5.41, 5.74) is 1.60. The van der Waals surface area contributed by atoms with Gasteiger partial charge >= 0.3 is 5.97 Å². The normalized spacial score (nSPS) is 30.1. The summed E-state index contributed by atoms with van der Waals surface area (Å²) in [5, 5.41) is 11.0. The zero-order valence-electron chi connectivity index (χ0n) is 20.9. The van der Waals surface area contributed by atoms with Crippen LogP contribution in [0.2, 0.25) is 0 Å². The minimum atomic E-state index is -0.571. The molecule has 1 saturated heterocycles. The lowest BCUT2D eigenvalue weighted by Gasteiger charge is -2.61. The number of carbonyl (C=O) groups is 1. The third-order valence-electron chi connectivity index (χ3n) is 9.00. The Kier molecular flexibility index (Phi) is 6.29. The molecular weight excluding hydrogens is 462 g/mol. The maximum atomic E-state index is 13.1. The standard InChI is InChI=1S/C28H33NO7/c1-19-10-13-27(3)24(5-4-12-28(27)34-15-16-35-28)26(19,2)17-23(21-11-14-33-18-21)36-25(30)20-6-8-22(9-7-20)29(31)32/h6-9,11,14,18,23-24H,1,4-5,10,12-13,15-17H2,2-3H3/t23-,24-,26+,27-/m1/s1. The van der Waals surface area contributed by atoms with Crippen LogP contribution in [0.5, 0.6) is 0 Å². The Morgan fingerprint density at radius 3 is 2.56 bits per heavy atom. The molecule has 0 radical (unpaired) electrons. The third-order valence-corrected chi connectivity index (χ3v) is 9.00. The van der Waals surface area contributed by atoms with Crippen molar-refractivity contribution in [2.75, 3.05) is 13.2 Å². The molecule has 0 unspecified atom stereocenters. The van der Waals surface area contributed by atoms with Gasteiger partial charge < -0.3 is 18.6 Å². The topological polar surface area (TPSA) is 101 Å². The Labute approximate surface area is 210 Å². The van der Waals surface area contributed by atoms with Crippen molar-refractivity contribution < 1.29 is 28.3 Å². The van der Waals surface area contributed by atoms with Crippen molar-refractivity contribution in [2.45, 2.75) is 64.3 Å². The molecule has 0 bridgehead atoms. The van der Waals surface area contributed by atoms with Crippen molar-refractivity contribution in [1.29, 1.82) is 0 Å². The maximum Gasteiger partial charge on any atom is 0.338 e. The predicted molar refractivity (Wildman–Crippen MR) is 131 cm³/mol. The molecule has 0 N–H and O–H groups in total. The van der Waals surface area contributed by atoms with Gasteiger partial charge in [0.1, 0.15) is 6.10 Å². The van der Waals surface area contributed by atoms with E-state index in [2.05, 4.69) is 20.4 Å². The van der Waals surface area contributed by atoms with E-state index in [1.807, 2.05) is 6.07 Å². The van der Waals surface area contributed by atoms with E-state index in [4.69, 9.17) is 18.6 Å². The van der Waals surface area contributed by atoms with Crippen LogP contribution >= 0.6 is 0 Å². The molecule has 3 aliphatic rings. The van der Waals surface area contributed by atoms with Gasteiger partial charge in [0.25, 0.3) is 5.69 Å². The number of nitro benzene ring substituents is 1. The van der Waals surface area contributed by atoms with Gasteiger partial charge in [-0.1, -0.05) is 26.0 Å². The second-order valence-corrected chi connectivity index (χ2v) is 10.8. The van der Waals surface area contributed by atoms with Gasteiger partial charge in [0.15, 0.2) is 5.79 Å². The number of rotatable bonds is 6. The number of esters is 1. The molecule has 1 aliphatic heterocycles. The molecule has 4 atom stereocenters. The minimum Gasteiger partial charge on any atom is -0.472 e. The largest absolute Gasteiger partial charge is 0.472 e. The number of ether oxygens (including phenoxy) is 3. The van der Waals surface area contributed by atoms with Crippen LogP contribution in [0.15, 0.2) is 59.4 Å². The maximum absolute atomic E-state index is 13.1. The molecule has 8 nitrogen and oxygen atoms in total. The second kappa shape index (κ2) is 9.16. The summed E-state index contributed by atoms with van der Waals surface area (Å²) in [6, 6.07) is 7.27. The number of nitrogens with zero attached hydrogens (tertiary/aromatic N) is 1. The van der Waals surface area contributed by atoms with Crippen LogP contribution in [0.1, 0.15) is 74.4 Å². The highest BCUT2D eigenvalue weighted by atomic mass is 16.7. The van der Waals surface area contributed by atoms with Crippen molar-refractivity contribution in [2.24, 2.45) is 16.7 Å². The highest BCUT2D eigenvalue weighted by Gasteiger charge is 2.64. The van der Waals surface area contributed by atoms with Gasteiger partial charge in [-0.15, -0.1) is 0 Å². The molecule has 1 spiro atoms. The number of furan rings is 1. The van der Waals surface area contributed by atoms with Gasteiger partial charge in [-0.05, 0) is 61.6 Å². The fraction of sp³-hybridized carbons (Fsp3) is 0.536. The molecule has 0 amide bonds. The first-order chi connectivity index (χ1) is 17.2. The van der Waals surface area contributed by atoms with E-state index in [0.717, 1.165) is 43.2 Å². The van der Waals surface area contributed by atoms with Crippen LogP contribution in [0.25, 0.3) is 0 Å². The van der Waals surface area contributed by atoms with Crippen LogP contribution in [-0.2, 0) is 14.2 Å². The lowest BCUT2D eigenvalue weighted by atomic mass is 9.46. The lowest BCUT2D eigenvalue weighted by Crippen LogP contribution is -2.60. The first kappa shape index (κ1) is 24.7. The van der Waals surface area contributed by atoms with Gasteiger partial charge in [0.2, 0.25) is 0 Å². The van der Waals surface area contributed by atoms with Crippen LogP contribution in [0.4, 0.5) is 5.69 Å². The molecule has 5 rings (SSSR count). The van der Waals surface area contributed by atoms with Gasteiger partial charge in [0, 0.05) is 29.5 Å². The summed E-state index contributed by atoms with van der Waals surface area (Å²) >= 11 is 0. The van der Waals surface area contributed by atoms with Crippen molar-refractivity contribution in [1.82, 2.24) is 0 Å². The third kappa shape index (κ3) is 3.96. The van der Waals surface area contributed by atoms with Crippen molar-refractivity contribution in [3.8, 4) is 0 Å². The summed E-state index contributed by atoms with van der Waals surface area (Å²) in [6.45, 7) is 10.3. The predicted octanol–water partition coefficient (Wildman–Crippen LogP) is 6.38. The Hall–Kier alpha value is -2.97. The Morgan fingerprint density at radius 1 is 1.19 bits per heavy atom. The summed E-state index contributed by atoms with van der Waals surface area (Å²) in [4.78, 5) is 23.6. The van der Waals surface area contributed by atoms with Crippen molar-refractivity contribution in [3.63, 3.8) is 0 Å². The van der Waals surface area contributed by atoms with E-state index >= 15 is 0 Å². The van der Waals surface area contributed by atoms with Gasteiger partial charge in [-0.2, -0.15) is 0 Å². The molecule has 1 aromatic carbocycles. The number of non-ortho nitro benzene ring substituents is 1.